The third-order valence-electron chi connectivity index (χ3n) is 5.26. The highest BCUT2D eigenvalue weighted by Crippen LogP contribution is 2.30. The molecule has 5 nitrogen and oxygen atoms in total. The number of nitrogens with zero attached hydrogens (tertiary/aromatic N) is 2. The summed E-state index contributed by atoms with van der Waals surface area (Å²) in [6.07, 6.45) is 3.51. The van der Waals surface area contributed by atoms with Gasteiger partial charge in [0.25, 0.3) is 5.22 Å². The summed E-state index contributed by atoms with van der Waals surface area (Å²) < 4.78 is 5.72. The van der Waals surface area contributed by atoms with Gasteiger partial charge in [0, 0.05) is 11.6 Å². The SMILES string of the molecule is Cc1cc(C)cc(-c2nnc(SCC(=O)N[C@H]3CCC[C@@H](C)[C@@H]3C)o2)c1. The summed E-state index contributed by atoms with van der Waals surface area (Å²) in [5.41, 5.74) is 3.22. The highest BCUT2D eigenvalue weighted by molar-refractivity contribution is 7.99. The zero-order chi connectivity index (χ0) is 18.7. The molecule has 1 aliphatic rings. The molecule has 140 valence electrons. The molecule has 1 amide bonds. The zero-order valence-corrected chi connectivity index (χ0v) is 16.7. The van der Waals surface area contributed by atoms with Gasteiger partial charge in [0.1, 0.15) is 0 Å². The fraction of sp³-hybridized carbons (Fsp3) is 0.550. The number of carbonyl (C=O) groups is 1. The Morgan fingerprint density at radius 2 is 1.92 bits per heavy atom. The number of rotatable bonds is 5. The fourth-order valence-corrected chi connectivity index (χ4v) is 4.22. The molecular formula is C20H27N3O2S. The maximum atomic E-state index is 12.3. The van der Waals surface area contributed by atoms with Crippen molar-refractivity contribution in [3.63, 3.8) is 0 Å². The molecule has 0 unspecified atom stereocenters. The lowest BCUT2D eigenvalue weighted by molar-refractivity contribution is -0.120. The first kappa shape index (κ1) is 19.0. The van der Waals surface area contributed by atoms with Crippen molar-refractivity contribution < 1.29 is 9.21 Å². The van der Waals surface area contributed by atoms with Crippen molar-refractivity contribution in [2.75, 3.05) is 5.75 Å². The van der Waals surface area contributed by atoms with Gasteiger partial charge in [0.2, 0.25) is 11.8 Å². The van der Waals surface area contributed by atoms with E-state index in [1.165, 1.54) is 24.6 Å². The van der Waals surface area contributed by atoms with E-state index in [4.69, 9.17) is 4.42 Å². The van der Waals surface area contributed by atoms with E-state index < -0.39 is 0 Å². The van der Waals surface area contributed by atoms with Gasteiger partial charge in [0.05, 0.1) is 5.75 Å². The Balaban J connectivity index is 1.55. The van der Waals surface area contributed by atoms with Crippen LogP contribution in [-0.2, 0) is 4.79 Å². The average Bonchev–Trinajstić information content (AvgIpc) is 3.05. The molecule has 1 aliphatic carbocycles. The highest BCUT2D eigenvalue weighted by atomic mass is 32.2. The molecule has 1 heterocycles. The molecule has 0 radical (unpaired) electrons. The Kier molecular flexibility index (Phi) is 6.01. The minimum atomic E-state index is 0.0344. The zero-order valence-electron chi connectivity index (χ0n) is 15.9. The molecule has 0 bridgehead atoms. The van der Waals surface area contributed by atoms with E-state index in [1.807, 2.05) is 26.0 Å². The Labute approximate surface area is 159 Å². The molecule has 1 fully saturated rings. The number of nitrogens with one attached hydrogen (secondary N) is 1. The summed E-state index contributed by atoms with van der Waals surface area (Å²) in [5.74, 6) is 2.02. The van der Waals surface area contributed by atoms with Crippen LogP contribution in [0.3, 0.4) is 0 Å². The van der Waals surface area contributed by atoms with Crippen molar-refractivity contribution in [1.82, 2.24) is 15.5 Å². The van der Waals surface area contributed by atoms with Gasteiger partial charge in [-0.25, -0.2) is 0 Å². The molecule has 1 N–H and O–H groups in total. The monoisotopic (exact) mass is 373 g/mol. The van der Waals surface area contributed by atoms with Crippen molar-refractivity contribution in [2.24, 2.45) is 11.8 Å². The molecule has 1 aromatic heterocycles. The van der Waals surface area contributed by atoms with Crippen LogP contribution in [-0.4, -0.2) is 27.9 Å². The maximum Gasteiger partial charge on any atom is 0.277 e. The number of thioether (sulfide) groups is 1. The van der Waals surface area contributed by atoms with Gasteiger partial charge in [-0.2, -0.15) is 0 Å². The fourth-order valence-electron chi connectivity index (χ4n) is 3.64. The Bertz CT molecular complexity index is 754. The van der Waals surface area contributed by atoms with E-state index in [0.717, 1.165) is 23.1 Å². The topological polar surface area (TPSA) is 68.0 Å². The molecule has 6 heteroatoms. The minimum absolute atomic E-state index is 0.0344. The first-order chi connectivity index (χ1) is 12.4. The van der Waals surface area contributed by atoms with Gasteiger partial charge < -0.3 is 9.73 Å². The largest absolute Gasteiger partial charge is 0.411 e. The number of hydrogen-bond acceptors (Lipinski definition) is 5. The molecule has 0 aliphatic heterocycles. The number of aryl methyl sites for hydroxylation is 2. The third-order valence-corrected chi connectivity index (χ3v) is 6.07. The van der Waals surface area contributed by atoms with Crippen LogP contribution in [0.15, 0.2) is 27.8 Å². The molecular weight excluding hydrogens is 346 g/mol. The summed E-state index contributed by atoms with van der Waals surface area (Å²) in [6, 6.07) is 6.42. The van der Waals surface area contributed by atoms with Crippen LogP contribution in [0.25, 0.3) is 11.5 Å². The highest BCUT2D eigenvalue weighted by Gasteiger charge is 2.28. The lowest BCUT2D eigenvalue weighted by Gasteiger charge is -2.34. The minimum Gasteiger partial charge on any atom is -0.411 e. The molecule has 1 saturated carbocycles. The van der Waals surface area contributed by atoms with Crippen LogP contribution in [0.4, 0.5) is 0 Å². The van der Waals surface area contributed by atoms with Crippen LogP contribution in [0.2, 0.25) is 0 Å². The normalized spacial score (nSPS) is 23.0. The predicted molar refractivity (Wildman–Crippen MR) is 104 cm³/mol. The van der Waals surface area contributed by atoms with Gasteiger partial charge in [0.15, 0.2) is 0 Å². The van der Waals surface area contributed by atoms with Crippen LogP contribution in [0.5, 0.6) is 0 Å². The third kappa shape index (κ3) is 4.67. The lowest BCUT2D eigenvalue weighted by Crippen LogP contribution is -2.44. The van der Waals surface area contributed by atoms with Crippen LogP contribution in [0.1, 0.15) is 44.2 Å². The van der Waals surface area contributed by atoms with E-state index in [-0.39, 0.29) is 11.9 Å². The number of aromatic nitrogens is 2. The Hall–Kier alpha value is -1.82. The summed E-state index contributed by atoms with van der Waals surface area (Å²) in [6.45, 7) is 8.58. The molecule has 26 heavy (non-hydrogen) atoms. The van der Waals surface area contributed by atoms with Crippen molar-refractivity contribution >= 4 is 17.7 Å². The molecule has 1 aromatic carbocycles. The predicted octanol–water partition coefficient (Wildman–Crippen LogP) is 4.39. The van der Waals surface area contributed by atoms with Crippen molar-refractivity contribution in [3.8, 4) is 11.5 Å². The summed E-state index contributed by atoms with van der Waals surface area (Å²) >= 11 is 1.29. The van der Waals surface area contributed by atoms with Crippen LogP contribution >= 0.6 is 11.8 Å². The van der Waals surface area contributed by atoms with Gasteiger partial charge in [-0.15, -0.1) is 10.2 Å². The van der Waals surface area contributed by atoms with Crippen molar-refractivity contribution in [3.05, 3.63) is 29.3 Å². The summed E-state index contributed by atoms with van der Waals surface area (Å²) in [7, 11) is 0. The number of amides is 1. The smallest absolute Gasteiger partial charge is 0.277 e. The number of benzene rings is 1. The van der Waals surface area contributed by atoms with Gasteiger partial charge >= 0.3 is 0 Å². The summed E-state index contributed by atoms with van der Waals surface area (Å²) in [5, 5.41) is 11.8. The van der Waals surface area contributed by atoms with E-state index in [9.17, 15) is 4.79 Å². The van der Waals surface area contributed by atoms with Gasteiger partial charge in [-0.05, 0) is 44.2 Å². The quantitative estimate of drug-likeness (QED) is 0.788. The number of hydrogen-bond donors (Lipinski definition) is 1. The first-order valence-corrected chi connectivity index (χ1v) is 10.3. The Morgan fingerprint density at radius 1 is 1.19 bits per heavy atom. The average molecular weight is 374 g/mol. The van der Waals surface area contributed by atoms with E-state index >= 15 is 0 Å². The standard InChI is InChI=1S/C20H27N3O2S/c1-12-8-13(2)10-16(9-12)19-22-23-20(25-19)26-11-18(24)21-17-7-5-6-14(3)15(17)4/h8-10,14-15,17H,5-7,11H2,1-4H3,(H,21,24)/t14-,15+,17+/m1/s1. The van der Waals surface area contributed by atoms with Crippen LogP contribution < -0.4 is 5.32 Å². The second-order valence-corrected chi connectivity index (χ2v) is 8.41. The molecule has 3 atom stereocenters. The lowest BCUT2D eigenvalue weighted by atomic mass is 9.78. The van der Waals surface area contributed by atoms with E-state index in [2.05, 4.69) is 35.4 Å². The maximum absolute atomic E-state index is 12.3. The second-order valence-electron chi connectivity index (χ2n) is 7.48. The Morgan fingerprint density at radius 3 is 2.65 bits per heavy atom. The second kappa shape index (κ2) is 8.25. The molecule has 2 aromatic rings. The molecule has 0 spiro atoms. The summed E-state index contributed by atoms with van der Waals surface area (Å²) in [4.78, 5) is 12.3. The van der Waals surface area contributed by atoms with E-state index in [0.29, 0.717) is 28.7 Å². The van der Waals surface area contributed by atoms with Gasteiger partial charge in [-0.1, -0.05) is 55.6 Å². The number of carbonyl (C=O) groups excluding carboxylic acids is 1. The van der Waals surface area contributed by atoms with Crippen LogP contribution in [0, 0.1) is 25.7 Å². The van der Waals surface area contributed by atoms with E-state index in [1.54, 1.807) is 0 Å². The first-order valence-electron chi connectivity index (χ1n) is 9.26. The molecule has 0 saturated heterocycles. The van der Waals surface area contributed by atoms with Gasteiger partial charge in [-0.3, -0.25) is 4.79 Å². The van der Waals surface area contributed by atoms with Crippen molar-refractivity contribution in [2.45, 2.75) is 58.2 Å². The van der Waals surface area contributed by atoms with Crippen molar-refractivity contribution in [1.29, 1.82) is 0 Å². The molecule has 3 rings (SSSR count).